The van der Waals surface area contributed by atoms with Crippen LogP contribution in [0.2, 0.25) is 0 Å². The quantitative estimate of drug-likeness (QED) is 0.345. The molecular weight excluding hydrogens is 390 g/mol. The minimum atomic E-state index is 0.209. The first-order valence-electron chi connectivity index (χ1n) is 10.7. The molecule has 1 atom stereocenters. The largest absolute Gasteiger partial charge is 0.493 e. The normalized spacial score (nSPS) is 12.4. The van der Waals surface area contributed by atoms with Crippen LogP contribution in [0, 0.1) is 13.8 Å². The van der Waals surface area contributed by atoms with Crippen molar-refractivity contribution < 1.29 is 9.47 Å². The van der Waals surface area contributed by atoms with Crippen molar-refractivity contribution in [2.24, 2.45) is 12.0 Å². The first kappa shape index (κ1) is 24.3. The van der Waals surface area contributed by atoms with Crippen molar-refractivity contribution in [1.29, 1.82) is 0 Å². The van der Waals surface area contributed by atoms with E-state index in [1.807, 2.05) is 23.9 Å². The lowest BCUT2D eigenvalue weighted by Crippen LogP contribution is -2.43. The highest BCUT2D eigenvalue weighted by Crippen LogP contribution is 2.33. The number of aryl methyl sites for hydroxylation is 2. The summed E-state index contributed by atoms with van der Waals surface area (Å²) in [6.07, 6.45) is 3.45. The number of nitrogens with one attached hydrogen (secondary N) is 2. The molecule has 2 rings (SSSR count). The van der Waals surface area contributed by atoms with Crippen molar-refractivity contribution in [3.05, 3.63) is 52.9 Å². The molecule has 2 N–H and O–H groups in total. The van der Waals surface area contributed by atoms with Crippen molar-refractivity contribution in [3.8, 4) is 11.5 Å². The number of methoxy groups -OCH3 is 2. The highest BCUT2D eigenvalue weighted by Gasteiger charge is 2.15. The maximum Gasteiger partial charge on any atom is 0.191 e. The molecular formula is C24H37N5O2. The minimum Gasteiger partial charge on any atom is -0.493 e. The van der Waals surface area contributed by atoms with E-state index in [-0.39, 0.29) is 6.04 Å². The van der Waals surface area contributed by atoms with Gasteiger partial charge in [0.25, 0.3) is 0 Å². The molecule has 0 radical (unpaired) electrons. The summed E-state index contributed by atoms with van der Waals surface area (Å²) in [7, 11) is 5.29. The van der Waals surface area contributed by atoms with Gasteiger partial charge >= 0.3 is 0 Å². The number of guanidine groups is 1. The standard InChI is InChI=1S/C24H37N5O2/c1-9-11-20-13-19(14-22(30-7)23(20)31-8)15-26-24(25-10-2)27-16(3)12-21-17(4)28-29(6)18(21)5/h9,13-14,16H,1,10-12,15H2,2-8H3,(H2,25,26,27). The Balaban J connectivity index is 2.18. The lowest BCUT2D eigenvalue weighted by molar-refractivity contribution is 0.352. The third-order valence-electron chi connectivity index (χ3n) is 5.30. The first-order chi connectivity index (χ1) is 14.8. The van der Waals surface area contributed by atoms with Crippen LogP contribution in [0.3, 0.4) is 0 Å². The highest BCUT2D eigenvalue weighted by molar-refractivity contribution is 5.80. The predicted molar refractivity (Wildman–Crippen MR) is 127 cm³/mol. The zero-order valence-corrected chi connectivity index (χ0v) is 20.0. The van der Waals surface area contributed by atoms with Gasteiger partial charge in [0.2, 0.25) is 0 Å². The Morgan fingerprint density at radius 1 is 1.29 bits per heavy atom. The molecule has 1 aromatic heterocycles. The summed E-state index contributed by atoms with van der Waals surface area (Å²) >= 11 is 0. The molecule has 0 amide bonds. The van der Waals surface area contributed by atoms with Crippen LogP contribution in [0.1, 0.15) is 41.9 Å². The van der Waals surface area contributed by atoms with Gasteiger partial charge in [0, 0.05) is 30.9 Å². The molecule has 7 heteroatoms. The lowest BCUT2D eigenvalue weighted by atomic mass is 10.1. The Kier molecular flexibility index (Phi) is 8.97. The van der Waals surface area contributed by atoms with E-state index in [2.05, 4.69) is 56.1 Å². The lowest BCUT2D eigenvalue weighted by Gasteiger charge is -2.18. The molecule has 1 unspecified atom stereocenters. The molecule has 1 aromatic carbocycles. The number of allylic oxidation sites excluding steroid dienone is 1. The van der Waals surface area contributed by atoms with Gasteiger partial charge in [0.15, 0.2) is 17.5 Å². The number of aromatic nitrogens is 2. The van der Waals surface area contributed by atoms with Crippen LogP contribution < -0.4 is 20.1 Å². The number of aliphatic imine (C=N–C) groups is 1. The maximum absolute atomic E-state index is 5.53. The molecule has 0 aliphatic rings. The number of hydrogen-bond donors (Lipinski definition) is 2. The molecule has 0 spiro atoms. The van der Waals surface area contributed by atoms with E-state index < -0.39 is 0 Å². The fourth-order valence-corrected chi connectivity index (χ4v) is 3.70. The van der Waals surface area contributed by atoms with Gasteiger partial charge in [-0.15, -0.1) is 6.58 Å². The van der Waals surface area contributed by atoms with Gasteiger partial charge in [0.05, 0.1) is 26.5 Å². The summed E-state index contributed by atoms with van der Waals surface area (Å²) in [6, 6.07) is 4.28. The zero-order chi connectivity index (χ0) is 23.0. The summed E-state index contributed by atoms with van der Waals surface area (Å²) in [5.41, 5.74) is 5.66. The second-order valence-corrected chi connectivity index (χ2v) is 7.70. The molecule has 2 aromatic rings. The van der Waals surface area contributed by atoms with Crippen LogP contribution >= 0.6 is 0 Å². The molecule has 170 valence electrons. The van der Waals surface area contributed by atoms with E-state index in [9.17, 15) is 0 Å². The van der Waals surface area contributed by atoms with Crippen LogP contribution in [-0.4, -0.2) is 42.5 Å². The van der Waals surface area contributed by atoms with E-state index in [1.54, 1.807) is 14.2 Å². The van der Waals surface area contributed by atoms with Crippen LogP contribution in [-0.2, 0) is 26.4 Å². The van der Waals surface area contributed by atoms with Crippen molar-refractivity contribution in [1.82, 2.24) is 20.4 Å². The van der Waals surface area contributed by atoms with E-state index >= 15 is 0 Å². The Morgan fingerprint density at radius 3 is 2.58 bits per heavy atom. The molecule has 0 aliphatic heterocycles. The highest BCUT2D eigenvalue weighted by atomic mass is 16.5. The number of ether oxygens (including phenoxy) is 2. The Labute approximate surface area is 186 Å². The smallest absolute Gasteiger partial charge is 0.191 e. The average Bonchev–Trinajstić information content (AvgIpc) is 2.97. The van der Waals surface area contributed by atoms with Gasteiger partial charge in [-0.25, -0.2) is 4.99 Å². The number of benzene rings is 1. The van der Waals surface area contributed by atoms with Gasteiger partial charge in [-0.05, 0) is 63.8 Å². The topological polar surface area (TPSA) is 72.7 Å². The van der Waals surface area contributed by atoms with Crippen molar-refractivity contribution in [2.75, 3.05) is 20.8 Å². The minimum absolute atomic E-state index is 0.209. The molecule has 0 saturated heterocycles. The Hall–Kier alpha value is -2.96. The van der Waals surface area contributed by atoms with Crippen LogP contribution in [0.4, 0.5) is 0 Å². The van der Waals surface area contributed by atoms with Gasteiger partial charge in [-0.1, -0.05) is 6.08 Å². The zero-order valence-electron chi connectivity index (χ0n) is 20.0. The Morgan fingerprint density at radius 2 is 2.03 bits per heavy atom. The van der Waals surface area contributed by atoms with Crippen LogP contribution in [0.25, 0.3) is 0 Å². The molecule has 31 heavy (non-hydrogen) atoms. The second-order valence-electron chi connectivity index (χ2n) is 7.70. The molecule has 1 heterocycles. The van der Waals surface area contributed by atoms with E-state index in [4.69, 9.17) is 14.5 Å². The summed E-state index contributed by atoms with van der Waals surface area (Å²) < 4.78 is 13.0. The second kappa shape index (κ2) is 11.4. The van der Waals surface area contributed by atoms with Gasteiger partial charge in [0.1, 0.15) is 0 Å². The molecule has 7 nitrogen and oxygen atoms in total. The summed E-state index contributed by atoms with van der Waals surface area (Å²) in [4.78, 5) is 4.80. The summed E-state index contributed by atoms with van der Waals surface area (Å²) in [6.45, 7) is 13.6. The van der Waals surface area contributed by atoms with E-state index in [0.717, 1.165) is 41.5 Å². The van der Waals surface area contributed by atoms with Crippen molar-refractivity contribution >= 4 is 5.96 Å². The SMILES string of the molecule is C=CCc1cc(CN=C(NCC)NC(C)Cc2c(C)nn(C)c2C)cc(OC)c1OC. The number of rotatable bonds is 10. The van der Waals surface area contributed by atoms with Crippen molar-refractivity contribution in [3.63, 3.8) is 0 Å². The monoisotopic (exact) mass is 427 g/mol. The predicted octanol–water partition coefficient (Wildman–Crippen LogP) is 3.47. The third-order valence-corrected chi connectivity index (χ3v) is 5.30. The number of hydrogen-bond acceptors (Lipinski definition) is 4. The van der Waals surface area contributed by atoms with Gasteiger partial charge in [-0.3, -0.25) is 4.68 Å². The first-order valence-corrected chi connectivity index (χ1v) is 10.7. The van der Waals surface area contributed by atoms with Crippen LogP contribution in [0.5, 0.6) is 11.5 Å². The maximum atomic E-state index is 5.53. The molecule has 0 saturated carbocycles. The van der Waals surface area contributed by atoms with Gasteiger partial charge < -0.3 is 20.1 Å². The summed E-state index contributed by atoms with van der Waals surface area (Å²) in [5.74, 6) is 2.24. The Bertz CT molecular complexity index is 917. The van der Waals surface area contributed by atoms with E-state index in [1.165, 1.54) is 11.3 Å². The van der Waals surface area contributed by atoms with E-state index in [0.29, 0.717) is 18.7 Å². The van der Waals surface area contributed by atoms with Gasteiger partial charge in [-0.2, -0.15) is 5.10 Å². The fourth-order valence-electron chi connectivity index (χ4n) is 3.70. The van der Waals surface area contributed by atoms with Crippen LogP contribution in [0.15, 0.2) is 29.8 Å². The molecule has 0 aliphatic carbocycles. The molecule has 0 bridgehead atoms. The fraction of sp³-hybridized carbons (Fsp3) is 0.500. The number of nitrogens with zero attached hydrogens (tertiary/aromatic N) is 3. The third kappa shape index (κ3) is 6.26. The molecule has 0 fully saturated rings. The van der Waals surface area contributed by atoms with Crippen molar-refractivity contribution in [2.45, 2.75) is 53.1 Å². The summed E-state index contributed by atoms with van der Waals surface area (Å²) in [5, 5.41) is 11.4. The average molecular weight is 428 g/mol.